The van der Waals surface area contributed by atoms with Crippen LogP contribution in [-0.2, 0) is 12.8 Å². The molecule has 1 aromatic carbocycles. The molecule has 1 nitrogen and oxygen atoms in total. The van der Waals surface area contributed by atoms with Gasteiger partial charge in [-0.1, -0.05) is 31.2 Å². The molecule has 0 saturated carbocycles. The number of halogens is 2. The molecule has 106 valence electrons. The average molecular weight is 415 g/mol. The molecule has 0 spiro atoms. The van der Waals surface area contributed by atoms with E-state index in [-0.39, 0.29) is 0 Å². The van der Waals surface area contributed by atoms with Crippen LogP contribution < -0.4 is 5.32 Å². The van der Waals surface area contributed by atoms with Gasteiger partial charge in [0.1, 0.15) is 0 Å². The van der Waals surface area contributed by atoms with E-state index in [4.69, 9.17) is 0 Å². The van der Waals surface area contributed by atoms with Crippen LogP contribution in [0.4, 0.5) is 0 Å². The van der Waals surface area contributed by atoms with Crippen LogP contribution in [0, 0.1) is 5.92 Å². The number of fused-ring (bicyclic) bond motifs is 1. The summed E-state index contributed by atoms with van der Waals surface area (Å²) in [6.07, 6.45) is 2.35. The highest BCUT2D eigenvalue weighted by Gasteiger charge is 2.30. The van der Waals surface area contributed by atoms with Crippen molar-refractivity contribution >= 4 is 43.2 Å². The van der Waals surface area contributed by atoms with E-state index in [0.29, 0.717) is 12.0 Å². The van der Waals surface area contributed by atoms with Gasteiger partial charge >= 0.3 is 0 Å². The van der Waals surface area contributed by atoms with Crippen molar-refractivity contribution in [3.8, 4) is 0 Å². The van der Waals surface area contributed by atoms with Crippen LogP contribution in [-0.4, -0.2) is 6.54 Å². The van der Waals surface area contributed by atoms with E-state index in [0.717, 1.165) is 6.54 Å². The van der Waals surface area contributed by atoms with Crippen molar-refractivity contribution in [1.82, 2.24) is 5.32 Å². The molecule has 0 saturated heterocycles. The molecular formula is C16H17Br2NS. The normalized spacial score (nSPS) is 16.4. The van der Waals surface area contributed by atoms with Gasteiger partial charge in [-0.05, 0) is 79.9 Å². The van der Waals surface area contributed by atoms with E-state index in [1.165, 1.54) is 37.1 Å². The smallest absolute Gasteiger partial charge is 0.0758 e. The zero-order chi connectivity index (χ0) is 14.1. The summed E-state index contributed by atoms with van der Waals surface area (Å²) >= 11 is 9.08. The fraction of sp³-hybridized carbons (Fsp3) is 0.375. The highest BCUT2D eigenvalue weighted by atomic mass is 79.9. The first kappa shape index (κ1) is 14.8. The number of benzene rings is 1. The van der Waals surface area contributed by atoms with Crippen LogP contribution in [0.2, 0.25) is 0 Å². The summed E-state index contributed by atoms with van der Waals surface area (Å²) in [6, 6.07) is 11.5. The Labute approximate surface area is 141 Å². The second kappa shape index (κ2) is 6.30. The van der Waals surface area contributed by atoms with Crippen molar-refractivity contribution in [1.29, 1.82) is 0 Å². The van der Waals surface area contributed by atoms with Crippen LogP contribution in [0.15, 0.2) is 37.9 Å². The molecule has 1 unspecified atom stereocenters. The first-order valence-corrected chi connectivity index (χ1v) is 9.34. The summed E-state index contributed by atoms with van der Waals surface area (Å²) in [5, 5.41) is 3.69. The topological polar surface area (TPSA) is 12.0 Å². The van der Waals surface area contributed by atoms with Crippen LogP contribution in [0.3, 0.4) is 0 Å². The van der Waals surface area contributed by atoms with E-state index in [2.05, 4.69) is 74.4 Å². The van der Waals surface area contributed by atoms with Gasteiger partial charge in [-0.15, -0.1) is 11.3 Å². The second-order valence-corrected chi connectivity index (χ2v) is 9.00. The van der Waals surface area contributed by atoms with Gasteiger partial charge in [-0.2, -0.15) is 0 Å². The summed E-state index contributed by atoms with van der Waals surface area (Å²) in [5.74, 6) is 0.644. The molecule has 20 heavy (non-hydrogen) atoms. The minimum absolute atomic E-state index is 0.421. The summed E-state index contributed by atoms with van der Waals surface area (Å²) in [7, 11) is 0. The summed E-state index contributed by atoms with van der Waals surface area (Å²) in [4.78, 5) is 0. The van der Waals surface area contributed by atoms with E-state index in [1.807, 2.05) is 0 Å². The molecular weight excluding hydrogens is 398 g/mol. The lowest BCUT2D eigenvalue weighted by molar-refractivity contribution is 0.380. The van der Waals surface area contributed by atoms with Crippen LogP contribution in [0.1, 0.15) is 29.7 Å². The van der Waals surface area contributed by atoms with Crippen molar-refractivity contribution in [2.75, 3.05) is 6.54 Å². The summed E-state index contributed by atoms with van der Waals surface area (Å²) < 4.78 is 2.43. The predicted octanol–water partition coefficient (Wildman–Crippen LogP) is 5.34. The number of thiophene rings is 1. The molecule has 1 aliphatic carbocycles. The molecule has 0 bridgehead atoms. The van der Waals surface area contributed by atoms with Gasteiger partial charge in [0.05, 0.1) is 7.57 Å². The molecule has 0 amide bonds. The quantitative estimate of drug-likeness (QED) is 0.711. The summed E-state index contributed by atoms with van der Waals surface area (Å²) in [6.45, 7) is 3.18. The zero-order valence-corrected chi connectivity index (χ0v) is 15.3. The Hall–Kier alpha value is -0.160. The standard InChI is InChI=1S/C16H17Br2NS/c1-2-19-15(13-9-14(17)20-16(13)18)12-7-10-5-3-4-6-11(10)8-12/h3-6,9,12,15,19H,2,7-8H2,1H3. The van der Waals surface area contributed by atoms with Gasteiger partial charge in [0.25, 0.3) is 0 Å². The lowest BCUT2D eigenvalue weighted by Gasteiger charge is -2.24. The van der Waals surface area contributed by atoms with Gasteiger partial charge in [0.2, 0.25) is 0 Å². The molecule has 1 aliphatic rings. The third-order valence-electron chi connectivity index (χ3n) is 4.00. The molecule has 0 aliphatic heterocycles. The lowest BCUT2D eigenvalue weighted by Crippen LogP contribution is -2.28. The Balaban J connectivity index is 1.88. The molecule has 1 atom stereocenters. The fourth-order valence-corrected chi connectivity index (χ4v) is 6.07. The Morgan fingerprint density at radius 3 is 2.40 bits per heavy atom. The summed E-state index contributed by atoms with van der Waals surface area (Å²) in [5.41, 5.74) is 4.43. The number of rotatable bonds is 4. The molecule has 1 aromatic heterocycles. The molecule has 4 heteroatoms. The Bertz CT molecular complexity index is 583. The minimum atomic E-state index is 0.421. The minimum Gasteiger partial charge on any atom is -0.310 e. The highest BCUT2D eigenvalue weighted by molar-refractivity contribution is 9.12. The fourth-order valence-electron chi connectivity index (χ4n) is 3.14. The van der Waals surface area contributed by atoms with E-state index >= 15 is 0 Å². The first-order chi connectivity index (χ1) is 9.69. The van der Waals surface area contributed by atoms with E-state index in [1.54, 1.807) is 11.3 Å². The number of hydrogen-bond donors (Lipinski definition) is 1. The van der Waals surface area contributed by atoms with Gasteiger partial charge in [-0.3, -0.25) is 0 Å². The van der Waals surface area contributed by atoms with Crippen LogP contribution in [0.25, 0.3) is 0 Å². The van der Waals surface area contributed by atoms with Crippen LogP contribution in [0.5, 0.6) is 0 Å². The van der Waals surface area contributed by atoms with Crippen LogP contribution >= 0.6 is 43.2 Å². The maximum atomic E-state index is 3.72. The van der Waals surface area contributed by atoms with Crippen molar-refractivity contribution in [3.63, 3.8) is 0 Å². The maximum Gasteiger partial charge on any atom is 0.0758 e. The monoisotopic (exact) mass is 413 g/mol. The van der Waals surface area contributed by atoms with Gasteiger partial charge < -0.3 is 5.32 Å². The van der Waals surface area contributed by atoms with Crippen molar-refractivity contribution in [2.45, 2.75) is 25.8 Å². The Morgan fingerprint density at radius 1 is 1.25 bits per heavy atom. The molecule has 1 N–H and O–H groups in total. The largest absolute Gasteiger partial charge is 0.310 e. The van der Waals surface area contributed by atoms with Gasteiger partial charge in [-0.25, -0.2) is 0 Å². The SMILES string of the molecule is CCNC(c1cc(Br)sc1Br)C1Cc2ccccc2C1. The molecule has 0 fully saturated rings. The average Bonchev–Trinajstić information content (AvgIpc) is 2.99. The van der Waals surface area contributed by atoms with E-state index < -0.39 is 0 Å². The molecule has 0 radical (unpaired) electrons. The zero-order valence-electron chi connectivity index (χ0n) is 11.3. The Kier molecular flexibility index (Phi) is 4.65. The third kappa shape index (κ3) is 2.89. The lowest BCUT2D eigenvalue weighted by atomic mass is 9.92. The molecule has 1 heterocycles. The van der Waals surface area contributed by atoms with Crippen molar-refractivity contribution in [2.24, 2.45) is 5.92 Å². The third-order valence-corrected chi connectivity index (χ3v) is 6.38. The number of hydrogen-bond acceptors (Lipinski definition) is 2. The van der Waals surface area contributed by atoms with Gasteiger partial charge in [0.15, 0.2) is 0 Å². The van der Waals surface area contributed by atoms with Gasteiger partial charge in [0, 0.05) is 6.04 Å². The second-order valence-electron chi connectivity index (χ2n) is 5.25. The predicted molar refractivity (Wildman–Crippen MR) is 93.5 cm³/mol. The number of nitrogens with one attached hydrogen (secondary N) is 1. The van der Waals surface area contributed by atoms with Crippen molar-refractivity contribution < 1.29 is 0 Å². The Morgan fingerprint density at radius 2 is 1.90 bits per heavy atom. The molecule has 2 aromatic rings. The first-order valence-electron chi connectivity index (χ1n) is 6.94. The molecule has 3 rings (SSSR count). The maximum absolute atomic E-state index is 3.72. The van der Waals surface area contributed by atoms with Crippen molar-refractivity contribution in [3.05, 3.63) is 54.6 Å². The van der Waals surface area contributed by atoms with E-state index in [9.17, 15) is 0 Å². The highest BCUT2D eigenvalue weighted by Crippen LogP contribution is 2.42.